The summed E-state index contributed by atoms with van der Waals surface area (Å²) in [6.07, 6.45) is 9.65. The van der Waals surface area contributed by atoms with Gasteiger partial charge >= 0.3 is 12.1 Å². The number of carbonyl (C=O) groups is 4. The first-order valence-electron chi connectivity index (χ1n) is 14.8. The number of hydrogen-bond acceptors (Lipinski definition) is 5. The van der Waals surface area contributed by atoms with Crippen molar-refractivity contribution in [3.63, 3.8) is 0 Å². The van der Waals surface area contributed by atoms with E-state index in [-0.39, 0.29) is 47.8 Å². The number of imide groups is 2. The van der Waals surface area contributed by atoms with Crippen molar-refractivity contribution in [3.05, 3.63) is 0 Å². The van der Waals surface area contributed by atoms with E-state index in [1.54, 1.807) is 11.9 Å². The summed E-state index contributed by atoms with van der Waals surface area (Å²) in [5.41, 5.74) is -0.0714. The van der Waals surface area contributed by atoms with Crippen LogP contribution in [-0.4, -0.2) is 96.5 Å². The lowest BCUT2D eigenvalue weighted by atomic mass is 9.77. The van der Waals surface area contributed by atoms with Gasteiger partial charge in [0.05, 0.1) is 0 Å². The first-order chi connectivity index (χ1) is 18.1. The van der Waals surface area contributed by atoms with Gasteiger partial charge in [0.25, 0.3) is 0 Å². The van der Waals surface area contributed by atoms with Crippen molar-refractivity contribution >= 4 is 23.9 Å². The molecule has 6 amide bonds. The number of urea groups is 2. The molecule has 218 valence electrons. The molecule has 0 N–H and O–H groups in total. The second-order valence-corrected chi connectivity index (χ2v) is 11.3. The molecule has 0 spiro atoms. The topological polar surface area (TPSA) is 90.5 Å². The maximum absolute atomic E-state index is 12.6. The van der Waals surface area contributed by atoms with Crippen LogP contribution in [0, 0.1) is 10.8 Å². The highest BCUT2D eigenvalue weighted by molar-refractivity contribution is 6.02. The standard InChI is InChI=1S/C29H52N4O5/c1-7-28(8-2,22-32-24(34)20-30(6)26(32)36)16-12-14-18-38-19-15-13-17-29(9-3,10-4)23-33-25(35)21-31(11-5)27(33)37/h7-23H2,1-6H3. The highest BCUT2D eigenvalue weighted by Crippen LogP contribution is 2.36. The van der Waals surface area contributed by atoms with Crippen LogP contribution in [0.4, 0.5) is 9.59 Å². The van der Waals surface area contributed by atoms with Crippen molar-refractivity contribution < 1.29 is 23.9 Å². The predicted molar refractivity (Wildman–Crippen MR) is 149 cm³/mol. The van der Waals surface area contributed by atoms with Gasteiger partial charge in [0, 0.05) is 39.9 Å². The molecule has 2 saturated heterocycles. The zero-order valence-corrected chi connectivity index (χ0v) is 24.9. The van der Waals surface area contributed by atoms with Crippen molar-refractivity contribution in [2.45, 2.75) is 98.8 Å². The van der Waals surface area contributed by atoms with E-state index in [1.807, 2.05) is 6.92 Å². The summed E-state index contributed by atoms with van der Waals surface area (Å²) in [4.78, 5) is 55.6. The summed E-state index contributed by atoms with van der Waals surface area (Å²) in [5.74, 6) is -0.170. The number of nitrogens with zero attached hydrogens (tertiary/aromatic N) is 4. The van der Waals surface area contributed by atoms with E-state index in [4.69, 9.17) is 4.74 Å². The number of rotatable bonds is 19. The molecule has 9 heteroatoms. The molecule has 9 nitrogen and oxygen atoms in total. The average Bonchev–Trinajstić information content (AvgIpc) is 3.33. The Bertz CT molecular complexity index is 809. The molecule has 0 aromatic rings. The number of amides is 6. The molecule has 0 unspecified atom stereocenters. The molecule has 0 aliphatic carbocycles. The molecule has 0 atom stereocenters. The Morgan fingerprint density at radius 2 is 1.11 bits per heavy atom. The van der Waals surface area contributed by atoms with Crippen LogP contribution in [0.1, 0.15) is 98.8 Å². The normalized spacial score (nSPS) is 17.1. The third-order valence-corrected chi connectivity index (χ3v) is 9.22. The molecule has 38 heavy (non-hydrogen) atoms. The van der Waals surface area contributed by atoms with Crippen LogP contribution in [-0.2, 0) is 14.3 Å². The van der Waals surface area contributed by atoms with Crippen LogP contribution in [0.25, 0.3) is 0 Å². The minimum atomic E-state index is -0.179. The summed E-state index contributed by atoms with van der Waals surface area (Å²) in [6, 6.07) is -0.324. The van der Waals surface area contributed by atoms with Crippen LogP contribution in [0.2, 0.25) is 0 Å². The molecule has 0 radical (unpaired) electrons. The van der Waals surface area contributed by atoms with Gasteiger partial charge in [-0.05, 0) is 69.1 Å². The number of ether oxygens (including phenoxy) is 1. The van der Waals surface area contributed by atoms with E-state index in [9.17, 15) is 19.2 Å². The third kappa shape index (κ3) is 7.93. The first-order valence-corrected chi connectivity index (χ1v) is 14.8. The Kier molecular flexibility index (Phi) is 12.5. The van der Waals surface area contributed by atoms with Gasteiger partial charge in [0.1, 0.15) is 13.1 Å². The van der Waals surface area contributed by atoms with Crippen molar-refractivity contribution in [3.8, 4) is 0 Å². The molecular formula is C29H52N4O5. The maximum Gasteiger partial charge on any atom is 0.327 e. The molecule has 2 aliphatic rings. The fourth-order valence-corrected chi connectivity index (χ4v) is 5.81. The fraction of sp³-hybridized carbons (Fsp3) is 0.862. The Hall–Kier alpha value is -2.16. The third-order valence-electron chi connectivity index (χ3n) is 9.22. The Labute approximate surface area is 230 Å². The van der Waals surface area contributed by atoms with E-state index in [0.29, 0.717) is 32.8 Å². The molecular weight excluding hydrogens is 484 g/mol. The van der Waals surface area contributed by atoms with E-state index in [1.165, 1.54) is 14.7 Å². The van der Waals surface area contributed by atoms with Gasteiger partial charge in [-0.25, -0.2) is 9.59 Å². The second kappa shape index (κ2) is 14.8. The van der Waals surface area contributed by atoms with Crippen molar-refractivity contribution in [2.75, 3.05) is 53.0 Å². The SMILES string of the molecule is CCN1CC(=O)N(CC(CC)(CC)CCCCOCCCCC(CC)(CC)CN2C(=O)CN(C)C2=O)C1=O. The zero-order valence-electron chi connectivity index (χ0n) is 24.9. The van der Waals surface area contributed by atoms with Gasteiger partial charge in [-0.3, -0.25) is 19.4 Å². The lowest BCUT2D eigenvalue weighted by Gasteiger charge is -2.35. The van der Waals surface area contributed by atoms with Crippen molar-refractivity contribution in [2.24, 2.45) is 10.8 Å². The van der Waals surface area contributed by atoms with Gasteiger partial charge in [0.2, 0.25) is 11.8 Å². The number of unbranched alkanes of at least 4 members (excludes halogenated alkanes) is 2. The van der Waals surface area contributed by atoms with Crippen molar-refractivity contribution in [1.82, 2.24) is 19.6 Å². The van der Waals surface area contributed by atoms with E-state index < -0.39 is 0 Å². The smallest absolute Gasteiger partial charge is 0.327 e. The zero-order chi connectivity index (χ0) is 28.3. The molecule has 2 fully saturated rings. The van der Waals surface area contributed by atoms with Crippen LogP contribution in [0.3, 0.4) is 0 Å². The van der Waals surface area contributed by atoms with Crippen LogP contribution < -0.4 is 0 Å². The Morgan fingerprint density at radius 3 is 1.47 bits per heavy atom. The van der Waals surface area contributed by atoms with Gasteiger partial charge in [-0.1, -0.05) is 40.5 Å². The van der Waals surface area contributed by atoms with Crippen LogP contribution >= 0.6 is 0 Å². The minimum absolute atomic E-state index is 0.0353. The van der Waals surface area contributed by atoms with Crippen molar-refractivity contribution in [1.29, 1.82) is 0 Å². The molecule has 2 heterocycles. The average molecular weight is 537 g/mol. The Morgan fingerprint density at radius 1 is 0.658 bits per heavy atom. The lowest BCUT2D eigenvalue weighted by Crippen LogP contribution is -2.41. The van der Waals surface area contributed by atoms with E-state index in [0.717, 1.165) is 64.2 Å². The lowest BCUT2D eigenvalue weighted by molar-refractivity contribution is -0.127. The summed E-state index contributed by atoms with van der Waals surface area (Å²) in [6.45, 7) is 13.9. The largest absolute Gasteiger partial charge is 0.381 e. The molecule has 0 bridgehead atoms. The predicted octanol–water partition coefficient (Wildman–Crippen LogP) is 5.13. The van der Waals surface area contributed by atoms with Gasteiger partial charge < -0.3 is 14.5 Å². The molecule has 2 aliphatic heterocycles. The summed E-state index contributed by atoms with van der Waals surface area (Å²) < 4.78 is 5.92. The highest BCUT2D eigenvalue weighted by Gasteiger charge is 2.41. The second-order valence-electron chi connectivity index (χ2n) is 11.3. The Balaban J connectivity index is 1.69. The summed E-state index contributed by atoms with van der Waals surface area (Å²) in [7, 11) is 1.68. The minimum Gasteiger partial charge on any atom is -0.381 e. The molecule has 0 aromatic heterocycles. The fourth-order valence-electron chi connectivity index (χ4n) is 5.81. The van der Waals surface area contributed by atoms with E-state index >= 15 is 0 Å². The summed E-state index contributed by atoms with van der Waals surface area (Å²) in [5, 5.41) is 0. The van der Waals surface area contributed by atoms with E-state index in [2.05, 4.69) is 27.7 Å². The van der Waals surface area contributed by atoms with Crippen LogP contribution in [0.15, 0.2) is 0 Å². The molecule has 0 saturated carbocycles. The van der Waals surface area contributed by atoms with Gasteiger partial charge in [-0.15, -0.1) is 0 Å². The monoisotopic (exact) mass is 536 g/mol. The highest BCUT2D eigenvalue weighted by atomic mass is 16.5. The quantitative estimate of drug-likeness (QED) is 0.169. The first kappa shape index (κ1) is 32.1. The number of carbonyl (C=O) groups excluding carboxylic acids is 4. The van der Waals surface area contributed by atoms with Gasteiger partial charge in [-0.2, -0.15) is 0 Å². The van der Waals surface area contributed by atoms with Crippen LogP contribution in [0.5, 0.6) is 0 Å². The molecule has 0 aromatic carbocycles. The number of likely N-dealkylation sites (N-methyl/N-ethyl adjacent to an activating group) is 2. The number of hydrogen-bond donors (Lipinski definition) is 0. The van der Waals surface area contributed by atoms with Gasteiger partial charge in [0.15, 0.2) is 0 Å². The summed E-state index contributed by atoms with van der Waals surface area (Å²) >= 11 is 0. The molecule has 2 rings (SSSR count). The maximum atomic E-state index is 12.6.